The number of methoxy groups -OCH3 is 1. The normalized spacial score (nSPS) is 19.3. The van der Waals surface area contributed by atoms with E-state index in [1.165, 1.54) is 11.4 Å². The van der Waals surface area contributed by atoms with Gasteiger partial charge in [0.1, 0.15) is 5.75 Å². The minimum Gasteiger partial charge on any atom is -0.495 e. The van der Waals surface area contributed by atoms with E-state index >= 15 is 0 Å². The molecule has 1 fully saturated rings. The van der Waals surface area contributed by atoms with Crippen LogP contribution in [0.4, 0.5) is 5.69 Å². The number of benzene rings is 1. The van der Waals surface area contributed by atoms with Crippen molar-refractivity contribution in [1.82, 2.24) is 4.31 Å². The lowest BCUT2D eigenvalue weighted by Gasteiger charge is -2.30. The van der Waals surface area contributed by atoms with E-state index in [-0.39, 0.29) is 24.1 Å². The van der Waals surface area contributed by atoms with Gasteiger partial charge in [0, 0.05) is 18.8 Å². The maximum Gasteiger partial charge on any atom is 0.228 e. The van der Waals surface area contributed by atoms with Gasteiger partial charge in [0.25, 0.3) is 0 Å². The highest BCUT2D eigenvalue weighted by Crippen LogP contribution is 2.28. The third-order valence-corrected chi connectivity index (χ3v) is 6.08. The fourth-order valence-electron chi connectivity index (χ4n) is 2.58. The summed E-state index contributed by atoms with van der Waals surface area (Å²) in [6.45, 7) is 2.32. The zero-order valence-electron chi connectivity index (χ0n) is 13.2. The van der Waals surface area contributed by atoms with Crippen molar-refractivity contribution in [1.29, 1.82) is 0 Å². The summed E-state index contributed by atoms with van der Waals surface area (Å²) in [5, 5.41) is 3.20. The first-order chi connectivity index (χ1) is 10.9. The van der Waals surface area contributed by atoms with Crippen LogP contribution in [0.25, 0.3) is 0 Å². The summed E-state index contributed by atoms with van der Waals surface area (Å²) in [7, 11) is -1.74. The van der Waals surface area contributed by atoms with Crippen LogP contribution in [0.15, 0.2) is 18.2 Å². The number of hydrogen-bond donors (Lipinski definition) is 1. The van der Waals surface area contributed by atoms with Crippen LogP contribution in [0.1, 0.15) is 19.8 Å². The highest BCUT2D eigenvalue weighted by molar-refractivity contribution is 7.89. The summed E-state index contributed by atoms with van der Waals surface area (Å²) in [5.41, 5.74) is 0.566. The predicted octanol–water partition coefficient (Wildman–Crippen LogP) is 2.35. The average Bonchev–Trinajstić information content (AvgIpc) is 2.55. The number of amides is 1. The van der Waals surface area contributed by atoms with Crippen molar-refractivity contribution in [2.24, 2.45) is 5.92 Å². The first kappa shape index (κ1) is 18.0. The number of anilines is 1. The number of sulfonamides is 1. The Morgan fingerprint density at radius 3 is 2.83 bits per heavy atom. The molecule has 0 aromatic heterocycles. The van der Waals surface area contributed by atoms with Crippen molar-refractivity contribution < 1.29 is 17.9 Å². The van der Waals surface area contributed by atoms with Crippen LogP contribution < -0.4 is 10.1 Å². The second kappa shape index (κ2) is 7.51. The molecule has 8 heteroatoms. The molecule has 1 aliphatic heterocycles. The van der Waals surface area contributed by atoms with E-state index in [9.17, 15) is 13.2 Å². The van der Waals surface area contributed by atoms with Crippen LogP contribution in [-0.2, 0) is 14.8 Å². The zero-order valence-corrected chi connectivity index (χ0v) is 14.8. The van der Waals surface area contributed by atoms with Gasteiger partial charge in [0.2, 0.25) is 15.9 Å². The van der Waals surface area contributed by atoms with E-state index in [1.54, 1.807) is 25.1 Å². The Morgan fingerprint density at radius 1 is 1.48 bits per heavy atom. The van der Waals surface area contributed by atoms with Crippen LogP contribution in [0.5, 0.6) is 5.75 Å². The van der Waals surface area contributed by atoms with E-state index in [2.05, 4.69) is 5.32 Å². The topological polar surface area (TPSA) is 75.7 Å². The Hall–Kier alpha value is -1.31. The molecule has 0 radical (unpaired) electrons. The summed E-state index contributed by atoms with van der Waals surface area (Å²) in [4.78, 5) is 12.4. The smallest absolute Gasteiger partial charge is 0.228 e. The molecule has 0 saturated carbocycles. The fourth-order valence-corrected chi connectivity index (χ4v) is 4.02. The minimum absolute atomic E-state index is 0.0510. The molecule has 1 heterocycles. The number of halogens is 1. The van der Waals surface area contributed by atoms with Crippen LogP contribution in [-0.4, -0.2) is 44.6 Å². The van der Waals surface area contributed by atoms with Gasteiger partial charge in [-0.05, 0) is 38.0 Å². The molecule has 1 aliphatic rings. The highest BCUT2D eigenvalue weighted by atomic mass is 35.5. The van der Waals surface area contributed by atoms with Crippen LogP contribution >= 0.6 is 11.6 Å². The molecule has 23 heavy (non-hydrogen) atoms. The monoisotopic (exact) mass is 360 g/mol. The number of piperidine rings is 1. The Labute approximate surface area is 141 Å². The number of nitrogens with one attached hydrogen (secondary N) is 1. The second-order valence-electron chi connectivity index (χ2n) is 5.44. The summed E-state index contributed by atoms with van der Waals surface area (Å²) in [6.07, 6.45) is 1.35. The van der Waals surface area contributed by atoms with Gasteiger partial charge in [-0.25, -0.2) is 12.7 Å². The Balaban J connectivity index is 2.04. The van der Waals surface area contributed by atoms with Crippen LogP contribution in [0.2, 0.25) is 5.02 Å². The van der Waals surface area contributed by atoms with Gasteiger partial charge in [-0.1, -0.05) is 11.6 Å². The first-order valence-electron chi connectivity index (χ1n) is 7.49. The van der Waals surface area contributed by atoms with Crippen LogP contribution in [0, 0.1) is 5.92 Å². The lowest BCUT2D eigenvalue weighted by molar-refractivity contribution is -0.120. The number of rotatable bonds is 5. The molecule has 128 valence electrons. The SMILES string of the molecule is CCS(=O)(=O)N1CCC[C@@H](C(=O)Nc2ccc(OC)c(Cl)c2)C1. The summed E-state index contributed by atoms with van der Waals surface area (Å²) in [5.74, 6) is 0.0332. The highest BCUT2D eigenvalue weighted by Gasteiger charge is 2.31. The third-order valence-electron chi connectivity index (χ3n) is 3.93. The second-order valence-corrected chi connectivity index (χ2v) is 8.10. The van der Waals surface area contributed by atoms with E-state index in [4.69, 9.17) is 16.3 Å². The molecule has 0 unspecified atom stereocenters. The number of carbonyl (C=O) groups excluding carboxylic acids is 1. The minimum atomic E-state index is -3.26. The van der Waals surface area contributed by atoms with E-state index in [1.807, 2.05) is 0 Å². The maximum atomic E-state index is 12.4. The lowest BCUT2D eigenvalue weighted by atomic mass is 9.98. The molecule has 1 aromatic carbocycles. The molecule has 1 aromatic rings. The molecule has 2 rings (SSSR count). The van der Waals surface area contributed by atoms with Gasteiger partial charge < -0.3 is 10.1 Å². The maximum absolute atomic E-state index is 12.4. The first-order valence-corrected chi connectivity index (χ1v) is 9.48. The number of ether oxygens (including phenoxy) is 1. The van der Waals surface area contributed by atoms with Gasteiger partial charge in [0.05, 0.1) is 23.8 Å². The number of carbonyl (C=O) groups is 1. The Bertz CT molecular complexity index is 678. The molecule has 0 spiro atoms. The third kappa shape index (κ3) is 4.37. The molecule has 6 nitrogen and oxygen atoms in total. The van der Waals surface area contributed by atoms with E-state index in [0.717, 1.165) is 0 Å². The van der Waals surface area contributed by atoms with Gasteiger partial charge in [-0.15, -0.1) is 0 Å². The van der Waals surface area contributed by atoms with Gasteiger partial charge in [0.15, 0.2) is 0 Å². The largest absolute Gasteiger partial charge is 0.495 e. The van der Waals surface area contributed by atoms with E-state index < -0.39 is 10.0 Å². The molecule has 0 aliphatic carbocycles. The fraction of sp³-hybridized carbons (Fsp3) is 0.533. The molecule has 1 atom stereocenters. The van der Waals surface area contributed by atoms with Gasteiger partial charge in [-0.2, -0.15) is 0 Å². The molecule has 0 bridgehead atoms. The summed E-state index contributed by atoms with van der Waals surface area (Å²) >= 11 is 6.04. The number of nitrogens with zero attached hydrogens (tertiary/aromatic N) is 1. The lowest BCUT2D eigenvalue weighted by Crippen LogP contribution is -2.44. The molecule has 1 saturated heterocycles. The van der Waals surface area contributed by atoms with Crippen molar-refractivity contribution in [2.45, 2.75) is 19.8 Å². The summed E-state index contributed by atoms with van der Waals surface area (Å²) < 4.78 is 30.4. The molecule has 1 amide bonds. The summed E-state index contributed by atoms with van der Waals surface area (Å²) in [6, 6.07) is 4.99. The molecule has 1 N–H and O–H groups in total. The Morgan fingerprint density at radius 2 is 2.22 bits per heavy atom. The van der Waals surface area contributed by atoms with Crippen molar-refractivity contribution in [2.75, 3.05) is 31.3 Å². The standard InChI is InChI=1S/C15H21ClN2O4S/c1-3-23(20,21)18-8-4-5-11(10-18)15(19)17-12-6-7-14(22-2)13(16)9-12/h6-7,9,11H,3-5,8,10H2,1-2H3,(H,17,19)/t11-/m1/s1. The average molecular weight is 361 g/mol. The molecular formula is C15H21ClN2O4S. The molecular weight excluding hydrogens is 340 g/mol. The van der Waals surface area contributed by atoms with Crippen molar-refractivity contribution in [3.05, 3.63) is 23.2 Å². The van der Waals surface area contributed by atoms with Crippen LogP contribution in [0.3, 0.4) is 0 Å². The van der Waals surface area contributed by atoms with Gasteiger partial charge in [-0.3, -0.25) is 4.79 Å². The van der Waals surface area contributed by atoms with Crippen molar-refractivity contribution in [3.8, 4) is 5.75 Å². The number of hydrogen-bond acceptors (Lipinski definition) is 4. The zero-order chi connectivity index (χ0) is 17.0. The van der Waals surface area contributed by atoms with Gasteiger partial charge >= 0.3 is 0 Å². The van der Waals surface area contributed by atoms with Crippen molar-refractivity contribution >= 4 is 33.2 Å². The quantitative estimate of drug-likeness (QED) is 0.874. The Kier molecular flexibility index (Phi) is 5.89. The predicted molar refractivity (Wildman–Crippen MR) is 90.4 cm³/mol. The van der Waals surface area contributed by atoms with Crippen molar-refractivity contribution in [3.63, 3.8) is 0 Å². The van der Waals surface area contributed by atoms with E-state index in [0.29, 0.717) is 35.8 Å².